The summed E-state index contributed by atoms with van der Waals surface area (Å²) in [7, 11) is 0. The van der Waals surface area contributed by atoms with Crippen LogP contribution in [0.1, 0.15) is 56.6 Å². The lowest BCUT2D eigenvalue weighted by molar-refractivity contribution is -0.144. The summed E-state index contributed by atoms with van der Waals surface area (Å²) < 4.78 is 5.90. The molecule has 1 saturated heterocycles. The molecule has 2 atom stereocenters. The van der Waals surface area contributed by atoms with E-state index in [1.54, 1.807) is 16.7 Å². The van der Waals surface area contributed by atoms with E-state index in [4.69, 9.17) is 4.74 Å². The van der Waals surface area contributed by atoms with E-state index < -0.39 is 12.3 Å². The first-order valence-corrected chi connectivity index (χ1v) is 11.4. The van der Waals surface area contributed by atoms with E-state index in [2.05, 4.69) is 10.3 Å². The minimum Gasteiger partial charge on any atom is -0.493 e. The average Bonchev–Trinajstić information content (AvgIpc) is 3.36. The predicted molar refractivity (Wildman–Crippen MR) is 118 cm³/mol. The number of aliphatic hydroxyl groups excluding tert-OH is 2. The van der Waals surface area contributed by atoms with Gasteiger partial charge in [0.1, 0.15) is 18.0 Å². The monoisotopic (exact) mass is 444 g/mol. The Morgan fingerprint density at radius 2 is 2.12 bits per heavy atom. The van der Waals surface area contributed by atoms with Gasteiger partial charge in [0.05, 0.1) is 18.9 Å². The van der Waals surface area contributed by atoms with Crippen molar-refractivity contribution < 1.29 is 24.5 Å². The zero-order valence-corrected chi connectivity index (χ0v) is 18.7. The molecule has 1 saturated carbocycles. The lowest BCUT2D eigenvalue weighted by Gasteiger charge is -2.31. The summed E-state index contributed by atoms with van der Waals surface area (Å²) in [5.41, 5.74) is 2.73. The first-order valence-electron chi connectivity index (χ1n) is 11.4. The molecule has 0 aromatic heterocycles. The van der Waals surface area contributed by atoms with E-state index in [-0.39, 0.29) is 24.5 Å². The number of rotatable bonds is 8. The van der Waals surface area contributed by atoms with Gasteiger partial charge in [-0.05, 0) is 44.7 Å². The van der Waals surface area contributed by atoms with E-state index in [0.29, 0.717) is 37.7 Å². The van der Waals surface area contributed by atoms with E-state index in [9.17, 15) is 19.8 Å². The molecule has 1 aliphatic carbocycles. The third kappa shape index (κ3) is 4.45. The SMILES string of the molecule is Cc1cc(OCCCC(=O)N(C(C)O)C2CCCC2)cc2c1CN1C(=N2)NC(=O)C1CO. The predicted octanol–water partition coefficient (Wildman–Crippen LogP) is 1.56. The molecule has 4 rings (SSSR count). The molecule has 174 valence electrons. The molecule has 2 unspecified atom stereocenters. The lowest BCUT2D eigenvalue weighted by Crippen LogP contribution is -2.44. The number of nitrogens with one attached hydrogen (secondary N) is 1. The van der Waals surface area contributed by atoms with E-state index in [0.717, 1.165) is 42.5 Å². The van der Waals surface area contributed by atoms with E-state index in [1.165, 1.54) is 0 Å². The number of ether oxygens (including phenoxy) is 1. The Hall–Kier alpha value is -2.65. The minimum absolute atomic E-state index is 0.0287. The smallest absolute Gasteiger partial charge is 0.251 e. The van der Waals surface area contributed by atoms with Crippen LogP contribution in [0.25, 0.3) is 0 Å². The summed E-state index contributed by atoms with van der Waals surface area (Å²) in [5.74, 6) is 0.840. The van der Waals surface area contributed by atoms with Crippen LogP contribution in [-0.4, -0.2) is 69.3 Å². The fraction of sp³-hybridized carbons (Fsp3) is 0.609. The Morgan fingerprint density at radius 3 is 2.81 bits per heavy atom. The first-order chi connectivity index (χ1) is 15.4. The van der Waals surface area contributed by atoms with Crippen molar-refractivity contribution in [2.24, 2.45) is 4.99 Å². The van der Waals surface area contributed by atoms with E-state index in [1.807, 2.05) is 19.1 Å². The Bertz CT molecular complexity index is 910. The molecular weight excluding hydrogens is 412 g/mol. The first kappa shape index (κ1) is 22.5. The normalized spacial score (nSPS) is 21.0. The van der Waals surface area contributed by atoms with E-state index >= 15 is 0 Å². The number of fused-ring (bicyclic) bond motifs is 2. The van der Waals surface area contributed by atoms with Crippen LogP contribution in [0.4, 0.5) is 5.69 Å². The van der Waals surface area contributed by atoms with Crippen LogP contribution >= 0.6 is 0 Å². The van der Waals surface area contributed by atoms with Crippen LogP contribution in [0.5, 0.6) is 5.75 Å². The molecule has 0 bridgehead atoms. The maximum Gasteiger partial charge on any atom is 0.251 e. The van der Waals surface area contributed by atoms with Crippen LogP contribution in [0.2, 0.25) is 0 Å². The average molecular weight is 445 g/mol. The Labute approximate surface area is 188 Å². The molecule has 9 heteroatoms. The summed E-state index contributed by atoms with van der Waals surface area (Å²) in [6, 6.07) is 3.31. The Balaban J connectivity index is 1.35. The highest BCUT2D eigenvalue weighted by molar-refractivity contribution is 6.07. The van der Waals surface area contributed by atoms with Gasteiger partial charge in [0.15, 0.2) is 0 Å². The zero-order valence-electron chi connectivity index (χ0n) is 18.7. The summed E-state index contributed by atoms with van der Waals surface area (Å²) in [6.45, 7) is 4.24. The lowest BCUT2D eigenvalue weighted by atomic mass is 10.0. The largest absolute Gasteiger partial charge is 0.493 e. The summed E-state index contributed by atoms with van der Waals surface area (Å²) in [5, 5.41) is 22.3. The molecule has 32 heavy (non-hydrogen) atoms. The highest BCUT2D eigenvalue weighted by Gasteiger charge is 2.39. The number of aliphatic imine (C=N–C) groups is 1. The number of benzene rings is 1. The van der Waals surface area contributed by atoms with Crippen LogP contribution in [0, 0.1) is 6.92 Å². The fourth-order valence-corrected chi connectivity index (χ4v) is 4.89. The molecule has 3 N–H and O–H groups in total. The van der Waals surface area contributed by atoms with Crippen LogP contribution in [0.3, 0.4) is 0 Å². The van der Waals surface area contributed by atoms with Crippen molar-refractivity contribution in [1.82, 2.24) is 15.1 Å². The number of carbonyl (C=O) groups is 2. The van der Waals surface area contributed by atoms with Gasteiger partial charge in [-0.15, -0.1) is 0 Å². The van der Waals surface area contributed by atoms with Crippen LogP contribution in [-0.2, 0) is 16.1 Å². The summed E-state index contributed by atoms with van der Waals surface area (Å²) in [6.07, 6.45) is 4.25. The highest BCUT2D eigenvalue weighted by Crippen LogP contribution is 2.35. The molecule has 1 aromatic carbocycles. The van der Waals surface area contributed by atoms with Gasteiger partial charge in [-0.1, -0.05) is 12.8 Å². The van der Waals surface area contributed by atoms with Crippen molar-refractivity contribution in [3.8, 4) is 5.75 Å². The van der Waals surface area contributed by atoms with Gasteiger partial charge in [0.25, 0.3) is 5.91 Å². The topological polar surface area (TPSA) is 115 Å². The van der Waals surface area contributed by atoms with Crippen LogP contribution < -0.4 is 10.1 Å². The number of guanidine groups is 1. The van der Waals surface area contributed by atoms with Gasteiger partial charge in [-0.25, -0.2) is 4.99 Å². The van der Waals surface area contributed by atoms with Crippen molar-refractivity contribution in [2.75, 3.05) is 13.2 Å². The Morgan fingerprint density at radius 1 is 1.38 bits per heavy atom. The van der Waals surface area contributed by atoms with Gasteiger partial charge in [0, 0.05) is 30.6 Å². The Kier molecular flexibility index (Phi) is 6.66. The minimum atomic E-state index is -0.769. The molecule has 2 heterocycles. The molecule has 9 nitrogen and oxygen atoms in total. The number of hydrogen-bond acceptors (Lipinski definition) is 7. The molecule has 0 radical (unpaired) electrons. The summed E-state index contributed by atoms with van der Waals surface area (Å²) >= 11 is 0. The van der Waals surface area contributed by atoms with Crippen molar-refractivity contribution in [3.63, 3.8) is 0 Å². The second-order valence-electron chi connectivity index (χ2n) is 8.81. The van der Waals surface area contributed by atoms with Gasteiger partial charge in [-0.2, -0.15) is 0 Å². The second-order valence-corrected chi connectivity index (χ2v) is 8.81. The van der Waals surface area contributed by atoms with Crippen LogP contribution in [0.15, 0.2) is 17.1 Å². The molecular formula is C23H32N4O5. The number of carbonyl (C=O) groups excluding carboxylic acids is 2. The van der Waals surface area contributed by atoms with Crippen molar-refractivity contribution in [3.05, 3.63) is 23.3 Å². The van der Waals surface area contributed by atoms with Gasteiger partial charge < -0.3 is 24.7 Å². The number of hydrogen-bond donors (Lipinski definition) is 3. The molecule has 0 spiro atoms. The van der Waals surface area contributed by atoms with Crippen molar-refractivity contribution >= 4 is 23.5 Å². The zero-order chi connectivity index (χ0) is 22.8. The van der Waals surface area contributed by atoms with Gasteiger partial charge in [0.2, 0.25) is 11.9 Å². The molecule has 2 amide bonds. The second kappa shape index (κ2) is 9.46. The maximum absolute atomic E-state index is 12.6. The molecule has 3 aliphatic rings. The number of nitrogens with zero attached hydrogens (tertiary/aromatic N) is 3. The standard InChI is InChI=1S/C23H32N4O5/c1-14-10-17(11-19-18(14)12-26-20(13-28)22(31)25-23(26)24-19)32-9-5-8-21(30)27(15(2)29)16-6-3-4-7-16/h10-11,15-16,20,28-29H,3-9,12-13H2,1-2H3,(H,24,25,31). The van der Waals surface area contributed by atoms with Gasteiger partial charge in [-0.3, -0.25) is 14.9 Å². The number of aliphatic hydroxyl groups is 2. The van der Waals surface area contributed by atoms with Crippen molar-refractivity contribution in [1.29, 1.82) is 0 Å². The highest BCUT2D eigenvalue weighted by atomic mass is 16.5. The third-order valence-electron chi connectivity index (χ3n) is 6.55. The quantitative estimate of drug-likeness (QED) is 0.414. The molecule has 1 aromatic rings. The maximum atomic E-state index is 12.6. The number of amides is 2. The molecule has 2 fully saturated rings. The third-order valence-corrected chi connectivity index (χ3v) is 6.55. The summed E-state index contributed by atoms with van der Waals surface area (Å²) in [4.78, 5) is 32.6. The fourth-order valence-electron chi connectivity index (χ4n) is 4.89. The number of aryl methyl sites for hydroxylation is 1. The molecule has 2 aliphatic heterocycles. The van der Waals surface area contributed by atoms with Crippen molar-refractivity contribution in [2.45, 2.75) is 77.2 Å². The van der Waals surface area contributed by atoms with Gasteiger partial charge >= 0.3 is 0 Å².